The van der Waals surface area contributed by atoms with Gasteiger partial charge in [-0.25, -0.2) is 9.18 Å². The van der Waals surface area contributed by atoms with Crippen molar-refractivity contribution >= 4 is 11.9 Å². The molecule has 0 aromatic heterocycles. The van der Waals surface area contributed by atoms with E-state index >= 15 is 0 Å². The highest BCUT2D eigenvalue weighted by Crippen LogP contribution is 2.40. The number of carbonyl (C=O) groups excluding carboxylic acids is 2. The second kappa shape index (κ2) is 8.96. The number of rotatable bonds is 5. The molecule has 2 aliphatic heterocycles. The topological polar surface area (TPSA) is 61.9 Å². The van der Waals surface area contributed by atoms with E-state index in [0.717, 1.165) is 36.1 Å². The Morgan fingerprint density at radius 1 is 1.10 bits per heavy atom. The molecule has 7 heteroatoms. The molecule has 0 atom stereocenters. The van der Waals surface area contributed by atoms with Gasteiger partial charge in [-0.3, -0.25) is 4.79 Å². The normalized spacial score (nSPS) is 17.8. The molecule has 2 fully saturated rings. The number of carbonyl (C=O) groups is 2. The average molecular weight is 426 g/mol. The molecule has 164 valence electrons. The van der Waals surface area contributed by atoms with Crippen LogP contribution in [0.5, 0.6) is 5.75 Å². The Morgan fingerprint density at radius 2 is 1.84 bits per heavy atom. The van der Waals surface area contributed by atoms with Gasteiger partial charge in [-0.2, -0.15) is 0 Å². The monoisotopic (exact) mass is 425 g/mol. The van der Waals surface area contributed by atoms with Crippen LogP contribution in [0.15, 0.2) is 48.5 Å². The maximum atomic E-state index is 13.2. The van der Waals surface area contributed by atoms with Crippen LogP contribution in [0.2, 0.25) is 0 Å². The number of nitrogens with one attached hydrogen (secondary N) is 1. The third-order valence-corrected chi connectivity index (χ3v) is 6.49. The smallest absolute Gasteiger partial charge is 0.317 e. The van der Waals surface area contributed by atoms with E-state index in [-0.39, 0.29) is 23.3 Å². The van der Waals surface area contributed by atoms with Crippen molar-refractivity contribution in [2.75, 3.05) is 20.2 Å². The van der Waals surface area contributed by atoms with Crippen LogP contribution in [0.3, 0.4) is 0 Å². The lowest BCUT2D eigenvalue weighted by atomic mass is 9.85. The number of benzene rings is 2. The van der Waals surface area contributed by atoms with Crippen molar-refractivity contribution in [3.8, 4) is 5.75 Å². The molecule has 0 saturated carbocycles. The standard InChI is InChI=1S/C24H28FN3O3/c1-31-21-4-2-3-19(15-21)16-26-23(30)27-13-11-24(12-14-27)10-9-22(29)28(24)17-18-5-7-20(25)8-6-18/h2-8,15H,9-14,16-17H2,1H3,(H,26,30). The van der Waals surface area contributed by atoms with Gasteiger partial charge in [-0.05, 0) is 54.7 Å². The molecule has 0 bridgehead atoms. The number of halogens is 1. The zero-order chi connectivity index (χ0) is 21.8. The van der Waals surface area contributed by atoms with Crippen molar-refractivity contribution < 1.29 is 18.7 Å². The molecule has 0 unspecified atom stereocenters. The summed E-state index contributed by atoms with van der Waals surface area (Å²) in [7, 11) is 1.62. The van der Waals surface area contributed by atoms with Gasteiger partial charge < -0.3 is 19.9 Å². The van der Waals surface area contributed by atoms with E-state index in [0.29, 0.717) is 32.6 Å². The van der Waals surface area contributed by atoms with Crippen molar-refractivity contribution in [2.45, 2.75) is 44.3 Å². The molecular weight excluding hydrogens is 397 g/mol. The number of hydrogen-bond donors (Lipinski definition) is 1. The van der Waals surface area contributed by atoms with Crippen molar-refractivity contribution in [1.82, 2.24) is 15.1 Å². The molecule has 1 N–H and O–H groups in total. The molecular formula is C24H28FN3O3. The van der Waals surface area contributed by atoms with E-state index in [1.807, 2.05) is 34.1 Å². The lowest BCUT2D eigenvalue weighted by Crippen LogP contribution is -2.55. The van der Waals surface area contributed by atoms with Gasteiger partial charge in [-0.15, -0.1) is 0 Å². The van der Waals surface area contributed by atoms with Gasteiger partial charge in [0.15, 0.2) is 0 Å². The van der Waals surface area contributed by atoms with E-state index in [9.17, 15) is 14.0 Å². The Hall–Kier alpha value is -3.09. The van der Waals surface area contributed by atoms with Gasteiger partial charge in [0.2, 0.25) is 5.91 Å². The Morgan fingerprint density at radius 3 is 2.55 bits per heavy atom. The average Bonchev–Trinajstić information content (AvgIpc) is 3.09. The summed E-state index contributed by atoms with van der Waals surface area (Å²) in [6.07, 6.45) is 2.86. The molecule has 0 aliphatic carbocycles. The molecule has 2 saturated heterocycles. The quantitative estimate of drug-likeness (QED) is 0.795. The predicted molar refractivity (Wildman–Crippen MR) is 115 cm³/mol. The van der Waals surface area contributed by atoms with Gasteiger partial charge in [0.1, 0.15) is 11.6 Å². The number of urea groups is 1. The number of amides is 3. The van der Waals surface area contributed by atoms with Crippen LogP contribution in [0.1, 0.15) is 36.8 Å². The van der Waals surface area contributed by atoms with Crippen LogP contribution >= 0.6 is 0 Å². The highest BCUT2D eigenvalue weighted by Gasteiger charge is 2.47. The third kappa shape index (κ3) is 4.65. The number of likely N-dealkylation sites (tertiary alicyclic amines) is 2. The van der Waals surface area contributed by atoms with Gasteiger partial charge >= 0.3 is 6.03 Å². The van der Waals surface area contributed by atoms with Crippen molar-refractivity contribution in [3.63, 3.8) is 0 Å². The number of methoxy groups -OCH3 is 1. The zero-order valence-electron chi connectivity index (χ0n) is 17.8. The fourth-order valence-electron chi connectivity index (χ4n) is 4.62. The fourth-order valence-corrected chi connectivity index (χ4v) is 4.62. The first kappa shape index (κ1) is 21.2. The Balaban J connectivity index is 1.34. The Kier molecular flexibility index (Phi) is 6.11. The third-order valence-electron chi connectivity index (χ3n) is 6.49. The number of piperidine rings is 1. The molecule has 4 rings (SSSR count). The molecule has 1 spiro atoms. The largest absolute Gasteiger partial charge is 0.497 e. The second-order valence-electron chi connectivity index (χ2n) is 8.33. The van der Waals surface area contributed by atoms with E-state index < -0.39 is 0 Å². The molecule has 31 heavy (non-hydrogen) atoms. The molecule has 2 aliphatic rings. The van der Waals surface area contributed by atoms with Gasteiger partial charge in [-0.1, -0.05) is 24.3 Å². The summed E-state index contributed by atoms with van der Waals surface area (Å²) in [5.74, 6) is 0.624. The summed E-state index contributed by atoms with van der Waals surface area (Å²) in [5.41, 5.74) is 1.69. The SMILES string of the molecule is COc1cccc(CNC(=O)N2CCC3(CCC(=O)N3Cc3ccc(F)cc3)CC2)c1. The number of hydrogen-bond acceptors (Lipinski definition) is 3. The van der Waals surface area contributed by atoms with E-state index in [2.05, 4.69) is 5.32 Å². The summed E-state index contributed by atoms with van der Waals surface area (Å²) < 4.78 is 18.4. The molecule has 2 aromatic carbocycles. The first-order valence-electron chi connectivity index (χ1n) is 10.7. The molecule has 0 radical (unpaired) electrons. The van der Waals surface area contributed by atoms with Crippen LogP contribution in [0, 0.1) is 5.82 Å². The number of ether oxygens (including phenoxy) is 1. The number of nitrogens with zero attached hydrogens (tertiary/aromatic N) is 2. The molecule has 2 heterocycles. The summed E-state index contributed by atoms with van der Waals surface area (Å²) in [6.45, 7) is 2.14. The lowest BCUT2D eigenvalue weighted by molar-refractivity contribution is -0.133. The van der Waals surface area contributed by atoms with Crippen LogP contribution in [0.25, 0.3) is 0 Å². The molecule has 2 aromatic rings. The van der Waals surface area contributed by atoms with E-state index in [4.69, 9.17) is 4.74 Å². The zero-order valence-corrected chi connectivity index (χ0v) is 17.8. The Bertz CT molecular complexity index is 939. The highest BCUT2D eigenvalue weighted by atomic mass is 19.1. The highest BCUT2D eigenvalue weighted by molar-refractivity contribution is 5.80. The fraction of sp³-hybridized carbons (Fsp3) is 0.417. The van der Waals surface area contributed by atoms with Gasteiger partial charge in [0.25, 0.3) is 0 Å². The van der Waals surface area contributed by atoms with Crippen molar-refractivity contribution in [2.24, 2.45) is 0 Å². The molecule has 6 nitrogen and oxygen atoms in total. The van der Waals surface area contributed by atoms with Crippen molar-refractivity contribution in [3.05, 3.63) is 65.5 Å². The predicted octanol–water partition coefficient (Wildman–Crippen LogP) is 3.70. The minimum Gasteiger partial charge on any atom is -0.497 e. The van der Waals surface area contributed by atoms with Gasteiger partial charge in [0.05, 0.1) is 7.11 Å². The van der Waals surface area contributed by atoms with Crippen LogP contribution in [-0.4, -0.2) is 47.5 Å². The Labute approximate surface area is 182 Å². The first-order valence-corrected chi connectivity index (χ1v) is 10.7. The maximum Gasteiger partial charge on any atom is 0.317 e. The summed E-state index contributed by atoms with van der Waals surface area (Å²) in [6, 6.07) is 13.9. The summed E-state index contributed by atoms with van der Waals surface area (Å²) in [4.78, 5) is 29.0. The van der Waals surface area contributed by atoms with E-state index in [1.54, 1.807) is 19.2 Å². The van der Waals surface area contributed by atoms with Gasteiger partial charge in [0, 0.05) is 38.1 Å². The maximum absolute atomic E-state index is 13.2. The minimum atomic E-state index is -0.278. The summed E-state index contributed by atoms with van der Waals surface area (Å²) >= 11 is 0. The molecule has 3 amide bonds. The second-order valence-corrected chi connectivity index (χ2v) is 8.33. The van der Waals surface area contributed by atoms with Crippen molar-refractivity contribution in [1.29, 1.82) is 0 Å². The first-order chi connectivity index (χ1) is 15.0. The van der Waals surface area contributed by atoms with Crippen LogP contribution < -0.4 is 10.1 Å². The van der Waals surface area contributed by atoms with Crippen LogP contribution in [-0.2, 0) is 17.9 Å². The summed E-state index contributed by atoms with van der Waals surface area (Å²) in [5, 5.41) is 2.98. The lowest BCUT2D eigenvalue weighted by Gasteiger charge is -2.45. The van der Waals surface area contributed by atoms with Crippen LogP contribution in [0.4, 0.5) is 9.18 Å². The minimum absolute atomic E-state index is 0.0907. The van der Waals surface area contributed by atoms with E-state index in [1.165, 1.54) is 12.1 Å².